The maximum Gasteiger partial charge on any atom is 0.311 e. The summed E-state index contributed by atoms with van der Waals surface area (Å²) >= 11 is 0. The molecule has 1 heterocycles. The van der Waals surface area contributed by atoms with Gasteiger partial charge in [-0.2, -0.15) is 0 Å². The van der Waals surface area contributed by atoms with Crippen molar-refractivity contribution in [2.45, 2.75) is 6.42 Å². The molecule has 1 fully saturated rings. The molecule has 1 aliphatic heterocycles. The van der Waals surface area contributed by atoms with E-state index in [1.165, 1.54) is 30.2 Å². The lowest BCUT2D eigenvalue weighted by Crippen LogP contribution is -2.26. The number of rotatable bonds is 3. The number of nitro groups is 1. The fourth-order valence-corrected chi connectivity index (χ4v) is 2.11. The maximum absolute atomic E-state index is 11.9. The summed E-state index contributed by atoms with van der Waals surface area (Å²) in [6, 6.07) is 5.96. The van der Waals surface area contributed by atoms with Gasteiger partial charge in [-0.3, -0.25) is 19.7 Å². The first kappa shape index (κ1) is 13.0. The first-order valence-electron chi connectivity index (χ1n) is 5.66. The number of benzene rings is 1. The Labute approximate surface area is 108 Å². The number of ether oxygens (including phenoxy) is 1. The summed E-state index contributed by atoms with van der Waals surface area (Å²) in [5.74, 6) is -1.36. The molecule has 0 N–H and O–H groups in total. The molecule has 7 heteroatoms. The molecule has 0 aromatic heterocycles. The normalized spacial score (nSPS) is 18.5. The topological polar surface area (TPSA) is 89.8 Å². The quantitative estimate of drug-likeness (QED) is 0.463. The van der Waals surface area contributed by atoms with Gasteiger partial charge in [0.1, 0.15) is 5.69 Å². The van der Waals surface area contributed by atoms with E-state index in [1.807, 2.05) is 0 Å². The Kier molecular flexibility index (Phi) is 3.46. The number of nitro benzene ring substituents is 1. The number of carbonyl (C=O) groups excluding carboxylic acids is 2. The fourth-order valence-electron chi connectivity index (χ4n) is 2.11. The van der Waals surface area contributed by atoms with Gasteiger partial charge in [0.2, 0.25) is 5.91 Å². The van der Waals surface area contributed by atoms with Gasteiger partial charge in [-0.1, -0.05) is 12.1 Å². The van der Waals surface area contributed by atoms with Crippen LogP contribution in [0.5, 0.6) is 0 Å². The number of hydrogen-bond acceptors (Lipinski definition) is 5. The molecule has 2 rings (SSSR count). The highest BCUT2D eigenvalue weighted by molar-refractivity contribution is 6.01. The van der Waals surface area contributed by atoms with Crippen LogP contribution in [0.15, 0.2) is 24.3 Å². The molecule has 1 atom stereocenters. The van der Waals surface area contributed by atoms with Gasteiger partial charge in [-0.15, -0.1) is 0 Å². The van der Waals surface area contributed by atoms with Gasteiger partial charge in [0.15, 0.2) is 0 Å². The highest BCUT2D eigenvalue weighted by Gasteiger charge is 2.38. The van der Waals surface area contributed by atoms with Crippen molar-refractivity contribution >= 4 is 23.3 Å². The van der Waals surface area contributed by atoms with Crippen LogP contribution < -0.4 is 4.90 Å². The van der Waals surface area contributed by atoms with Crippen LogP contribution in [-0.4, -0.2) is 30.5 Å². The third kappa shape index (κ3) is 2.40. The fraction of sp³-hybridized carbons (Fsp3) is 0.333. The molecule has 0 aliphatic carbocycles. The highest BCUT2D eigenvalue weighted by atomic mass is 16.6. The molecule has 1 aliphatic rings. The van der Waals surface area contributed by atoms with Crippen molar-refractivity contribution in [3.8, 4) is 0 Å². The smallest absolute Gasteiger partial charge is 0.311 e. The van der Waals surface area contributed by atoms with Crippen molar-refractivity contribution in [3.05, 3.63) is 34.4 Å². The van der Waals surface area contributed by atoms with E-state index >= 15 is 0 Å². The summed E-state index contributed by atoms with van der Waals surface area (Å²) < 4.78 is 4.59. The van der Waals surface area contributed by atoms with Gasteiger partial charge in [0, 0.05) is 19.0 Å². The monoisotopic (exact) mass is 264 g/mol. The summed E-state index contributed by atoms with van der Waals surface area (Å²) in [4.78, 5) is 34.9. The Bertz CT molecular complexity index is 543. The van der Waals surface area contributed by atoms with Gasteiger partial charge in [0.25, 0.3) is 5.69 Å². The van der Waals surface area contributed by atoms with Crippen molar-refractivity contribution in [2.24, 2.45) is 5.92 Å². The molecule has 0 bridgehead atoms. The maximum atomic E-state index is 11.9. The largest absolute Gasteiger partial charge is 0.469 e. The van der Waals surface area contributed by atoms with Crippen molar-refractivity contribution in [1.82, 2.24) is 0 Å². The van der Waals surface area contributed by atoms with Crippen LogP contribution in [0.25, 0.3) is 0 Å². The first-order valence-corrected chi connectivity index (χ1v) is 5.66. The molecule has 7 nitrogen and oxygen atoms in total. The Morgan fingerprint density at radius 3 is 2.79 bits per heavy atom. The van der Waals surface area contributed by atoms with Crippen molar-refractivity contribution < 1.29 is 19.2 Å². The van der Waals surface area contributed by atoms with E-state index in [9.17, 15) is 19.7 Å². The van der Waals surface area contributed by atoms with E-state index in [-0.39, 0.29) is 30.2 Å². The Morgan fingerprint density at radius 1 is 1.47 bits per heavy atom. The van der Waals surface area contributed by atoms with Crippen LogP contribution in [0.2, 0.25) is 0 Å². The van der Waals surface area contributed by atoms with Crippen molar-refractivity contribution in [1.29, 1.82) is 0 Å². The Hall–Kier alpha value is -2.44. The molecule has 0 spiro atoms. The van der Waals surface area contributed by atoms with Gasteiger partial charge >= 0.3 is 5.97 Å². The van der Waals surface area contributed by atoms with Crippen LogP contribution in [0.4, 0.5) is 11.4 Å². The third-order valence-corrected chi connectivity index (χ3v) is 3.03. The predicted octanol–water partition coefficient (Wildman–Crippen LogP) is 1.12. The molecule has 1 unspecified atom stereocenters. The molecule has 0 saturated carbocycles. The molecule has 100 valence electrons. The van der Waals surface area contributed by atoms with E-state index in [1.54, 1.807) is 6.07 Å². The molecule has 1 amide bonds. The lowest BCUT2D eigenvalue weighted by atomic mass is 10.1. The van der Waals surface area contributed by atoms with E-state index in [0.717, 1.165) is 0 Å². The van der Waals surface area contributed by atoms with Gasteiger partial charge in [-0.25, -0.2) is 0 Å². The second-order valence-electron chi connectivity index (χ2n) is 4.17. The van der Waals surface area contributed by atoms with Gasteiger partial charge < -0.3 is 9.64 Å². The second-order valence-corrected chi connectivity index (χ2v) is 4.17. The number of nitrogens with zero attached hydrogens (tertiary/aromatic N) is 2. The third-order valence-electron chi connectivity index (χ3n) is 3.03. The Morgan fingerprint density at radius 2 is 2.16 bits per heavy atom. The van der Waals surface area contributed by atoms with E-state index < -0.39 is 16.8 Å². The number of anilines is 1. The summed E-state index contributed by atoms with van der Waals surface area (Å²) in [6.45, 7) is 0.107. The van der Waals surface area contributed by atoms with Gasteiger partial charge in [-0.05, 0) is 6.07 Å². The number of hydrogen-bond donors (Lipinski definition) is 0. The average Bonchev–Trinajstić information content (AvgIpc) is 2.79. The minimum absolute atomic E-state index is 0.0126. The van der Waals surface area contributed by atoms with Crippen LogP contribution in [0.1, 0.15) is 6.42 Å². The second kappa shape index (κ2) is 5.05. The van der Waals surface area contributed by atoms with Crippen LogP contribution in [0, 0.1) is 16.0 Å². The van der Waals surface area contributed by atoms with E-state index in [4.69, 9.17) is 0 Å². The number of methoxy groups -OCH3 is 1. The minimum atomic E-state index is -0.572. The van der Waals surface area contributed by atoms with E-state index in [2.05, 4.69) is 4.74 Å². The lowest BCUT2D eigenvalue weighted by Gasteiger charge is -2.16. The average molecular weight is 264 g/mol. The Balaban J connectivity index is 2.31. The zero-order valence-electron chi connectivity index (χ0n) is 10.2. The molecular weight excluding hydrogens is 252 g/mol. The highest BCUT2D eigenvalue weighted by Crippen LogP contribution is 2.32. The molecular formula is C12H12N2O5. The first-order chi connectivity index (χ1) is 9.04. The zero-order chi connectivity index (χ0) is 14.0. The summed E-state index contributed by atoms with van der Waals surface area (Å²) in [6.07, 6.45) is 0.0126. The van der Waals surface area contributed by atoms with E-state index in [0.29, 0.717) is 0 Å². The summed E-state index contributed by atoms with van der Waals surface area (Å²) in [5, 5.41) is 10.9. The van der Waals surface area contributed by atoms with Crippen LogP contribution >= 0.6 is 0 Å². The molecule has 1 aromatic carbocycles. The summed E-state index contributed by atoms with van der Waals surface area (Å²) in [5.41, 5.74) is 0.0604. The van der Waals surface area contributed by atoms with Crippen LogP contribution in [-0.2, 0) is 14.3 Å². The predicted molar refractivity (Wildman–Crippen MR) is 65.6 cm³/mol. The number of esters is 1. The summed E-state index contributed by atoms with van der Waals surface area (Å²) in [7, 11) is 1.25. The zero-order valence-corrected chi connectivity index (χ0v) is 10.2. The van der Waals surface area contributed by atoms with Gasteiger partial charge in [0.05, 0.1) is 18.0 Å². The minimum Gasteiger partial charge on any atom is -0.469 e. The number of carbonyl (C=O) groups is 2. The lowest BCUT2D eigenvalue weighted by molar-refractivity contribution is -0.384. The molecule has 1 saturated heterocycles. The standard InChI is InChI=1S/C12H12N2O5/c1-19-12(16)8-6-11(15)13(7-8)9-4-2-3-5-10(9)14(17)18/h2-5,8H,6-7H2,1H3. The molecule has 19 heavy (non-hydrogen) atoms. The molecule has 1 aromatic rings. The SMILES string of the molecule is COC(=O)C1CC(=O)N(c2ccccc2[N+](=O)[O-])C1. The number of para-hydroxylation sites is 2. The van der Waals surface area contributed by atoms with Crippen molar-refractivity contribution in [3.63, 3.8) is 0 Å². The van der Waals surface area contributed by atoms with Crippen LogP contribution in [0.3, 0.4) is 0 Å². The number of amides is 1. The van der Waals surface area contributed by atoms with Crippen molar-refractivity contribution in [2.75, 3.05) is 18.6 Å². The molecule has 0 radical (unpaired) electrons.